The third-order valence-electron chi connectivity index (χ3n) is 8.75. The van der Waals surface area contributed by atoms with E-state index in [2.05, 4.69) is 32.9 Å². The molecule has 3 rings (SSSR count). The van der Waals surface area contributed by atoms with Gasteiger partial charge in [0.15, 0.2) is 0 Å². The first-order valence-corrected chi connectivity index (χ1v) is 12.4. The summed E-state index contributed by atoms with van der Waals surface area (Å²) in [6.45, 7) is 11.1. The number of aliphatic hydroxyl groups excluding tert-OH is 1. The summed E-state index contributed by atoms with van der Waals surface area (Å²) in [4.78, 5) is 0. The molecule has 3 aliphatic carbocycles. The van der Waals surface area contributed by atoms with Gasteiger partial charge in [0.25, 0.3) is 0 Å². The zero-order valence-corrected chi connectivity index (χ0v) is 19.7. The molecule has 0 aromatic heterocycles. The number of aliphatic hydroxyl groups is 2. The van der Waals surface area contributed by atoms with Crippen LogP contribution in [0.25, 0.3) is 0 Å². The average Bonchev–Trinajstić information content (AvgIpc) is 2.99. The fourth-order valence-corrected chi connectivity index (χ4v) is 6.83. The second-order valence-electron chi connectivity index (χ2n) is 11.6. The van der Waals surface area contributed by atoms with Gasteiger partial charge in [-0.05, 0) is 101 Å². The SMILES string of the molecule is CC1CCC(=CC=C2CCCC3(C)C2CCC3C(C)CCCC(C)(C)O)CC1O. The van der Waals surface area contributed by atoms with Crippen LogP contribution in [0, 0.1) is 29.1 Å². The van der Waals surface area contributed by atoms with Crippen molar-refractivity contribution >= 4 is 0 Å². The van der Waals surface area contributed by atoms with E-state index in [1.807, 2.05) is 13.8 Å². The van der Waals surface area contributed by atoms with Crippen LogP contribution in [0.1, 0.15) is 105 Å². The van der Waals surface area contributed by atoms with Crippen molar-refractivity contribution in [2.75, 3.05) is 0 Å². The number of hydrogen-bond donors (Lipinski definition) is 2. The number of allylic oxidation sites excluding steroid dienone is 3. The quantitative estimate of drug-likeness (QED) is 0.512. The lowest BCUT2D eigenvalue weighted by Gasteiger charge is -2.44. The molecule has 0 spiro atoms. The Balaban J connectivity index is 1.65. The van der Waals surface area contributed by atoms with Crippen LogP contribution in [0.2, 0.25) is 0 Å². The summed E-state index contributed by atoms with van der Waals surface area (Å²) in [6, 6.07) is 0. The normalized spacial score (nSPS) is 39.7. The second-order valence-corrected chi connectivity index (χ2v) is 11.6. The second kappa shape index (κ2) is 9.27. The molecule has 0 saturated heterocycles. The van der Waals surface area contributed by atoms with Crippen LogP contribution >= 0.6 is 0 Å². The van der Waals surface area contributed by atoms with Gasteiger partial charge in [-0.2, -0.15) is 0 Å². The lowest BCUT2D eigenvalue weighted by atomic mass is 9.60. The molecule has 3 fully saturated rings. The van der Waals surface area contributed by atoms with Crippen LogP contribution in [-0.4, -0.2) is 21.9 Å². The van der Waals surface area contributed by atoms with E-state index in [9.17, 15) is 10.2 Å². The molecule has 2 nitrogen and oxygen atoms in total. The summed E-state index contributed by atoms with van der Waals surface area (Å²) >= 11 is 0. The fourth-order valence-electron chi connectivity index (χ4n) is 6.83. The molecule has 0 heterocycles. The zero-order valence-electron chi connectivity index (χ0n) is 19.7. The molecule has 6 atom stereocenters. The van der Waals surface area contributed by atoms with Gasteiger partial charge in [-0.25, -0.2) is 0 Å². The summed E-state index contributed by atoms with van der Waals surface area (Å²) in [5.74, 6) is 2.77. The van der Waals surface area contributed by atoms with Gasteiger partial charge < -0.3 is 10.2 Å². The van der Waals surface area contributed by atoms with Crippen molar-refractivity contribution in [3.8, 4) is 0 Å². The minimum atomic E-state index is -0.527. The van der Waals surface area contributed by atoms with Crippen molar-refractivity contribution in [2.24, 2.45) is 29.1 Å². The molecule has 166 valence electrons. The number of hydrogen-bond acceptors (Lipinski definition) is 2. The fraction of sp³-hybridized carbons (Fsp3) is 0.852. The van der Waals surface area contributed by atoms with Crippen molar-refractivity contribution in [1.29, 1.82) is 0 Å². The Hall–Kier alpha value is -0.600. The van der Waals surface area contributed by atoms with Crippen LogP contribution in [0.5, 0.6) is 0 Å². The van der Waals surface area contributed by atoms with Crippen molar-refractivity contribution in [1.82, 2.24) is 0 Å². The predicted molar refractivity (Wildman–Crippen MR) is 123 cm³/mol. The van der Waals surface area contributed by atoms with Crippen LogP contribution in [-0.2, 0) is 0 Å². The molecule has 0 aliphatic heterocycles. The molecule has 3 saturated carbocycles. The van der Waals surface area contributed by atoms with E-state index in [1.165, 1.54) is 44.1 Å². The first-order chi connectivity index (χ1) is 13.6. The number of fused-ring (bicyclic) bond motifs is 1. The maximum Gasteiger partial charge on any atom is 0.0603 e. The van der Waals surface area contributed by atoms with E-state index in [1.54, 1.807) is 5.57 Å². The largest absolute Gasteiger partial charge is 0.393 e. The lowest BCUT2D eigenvalue weighted by Crippen LogP contribution is -2.36. The summed E-state index contributed by atoms with van der Waals surface area (Å²) in [7, 11) is 0. The molecular weight excluding hydrogens is 356 g/mol. The van der Waals surface area contributed by atoms with Gasteiger partial charge in [0.05, 0.1) is 11.7 Å². The van der Waals surface area contributed by atoms with Gasteiger partial charge in [-0.1, -0.05) is 56.9 Å². The summed E-state index contributed by atoms with van der Waals surface area (Å²) in [6.07, 6.45) is 17.8. The summed E-state index contributed by atoms with van der Waals surface area (Å²) in [5, 5.41) is 20.3. The topological polar surface area (TPSA) is 40.5 Å². The highest BCUT2D eigenvalue weighted by molar-refractivity contribution is 5.26. The molecule has 3 aliphatic rings. The molecule has 0 radical (unpaired) electrons. The van der Waals surface area contributed by atoms with E-state index in [-0.39, 0.29) is 6.10 Å². The Kier molecular flexibility index (Phi) is 7.37. The standard InChI is InChI=1S/C27H46O2/c1-19(8-6-16-26(3,4)29)23-14-15-24-22(9-7-17-27(23,24)5)13-12-21-11-10-20(2)25(28)18-21/h12-13,19-20,23-25,28-29H,6-11,14-18H2,1-5H3. The van der Waals surface area contributed by atoms with Gasteiger partial charge in [-0.3, -0.25) is 0 Å². The lowest BCUT2D eigenvalue weighted by molar-refractivity contribution is 0.0596. The van der Waals surface area contributed by atoms with Gasteiger partial charge in [0.1, 0.15) is 0 Å². The molecule has 0 aromatic rings. The molecule has 2 heteroatoms. The Bertz CT molecular complexity index is 611. The highest BCUT2D eigenvalue weighted by Gasteiger charge is 2.50. The molecule has 0 bridgehead atoms. The average molecular weight is 403 g/mol. The molecule has 29 heavy (non-hydrogen) atoms. The smallest absolute Gasteiger partial charge is 0.0603 e. The third kappa shape index (κ3) is 5.56. The number of rotatable bonds is 6. The minimum absolute atomic E-state index is 0.148. The molecule has 2 N–H and O–H groups in total. The van der Waals surface area contributed by atoms with Crippen molar-refractivity contribution < 1.29 is 10.2 Å². The maximum absolute atomic E-state index is 10.2. The highest BCUT2D eigenvalue weighted by Crippen LogP contribution is 2.59. The van der Waals surface area contributed by atoms with Crippen molar-refractivity contribution in [3.63, 3.8) is 0 Å². The van der Waals surface area contributed by atoms with Crippen LogP contribution < -0.4 is 0 Å². The van der Waals surface area contributed by atoms with E-state index >= 15 is 0 Å². The van der Waals surface area contributed by atoms with Crippen molar-refractivity contribution in [3.05, 3.63) is 23.3 Å². The first-order valence-electron chi connectivity index (χ1n) is 12.4. The summed E-state index contributed by atoms with van der Waals surface area (Å²) < 4.78 is 0. The molecule has 0 aromatic carbocycles. The predicted octanol–water partition coefficient (Wildman–Crippen LogP) is 6.81. The van der Waals surface area contributed by atoms with Crippen molar-refractivity contribution in [2.45, 2.75) is 117 Å². The Morgan fingerprint density at radius 1 is 1.17 bits per heavy atom. The molecule has 0 amide bonds. The van der Waals surface area contributed by atoms with Gasteiger partial charge >= 0.3 is 0 Å². The zero-order chi connectivity index (χ0) is 21.2. The maximum atomic E-state index is 10.2. The van der Waals surface area contributed by atoms with Crippen LogP contribution in [0.15, 0.2) is 23.3 Å². The molecular formula is C27H46O2. The summed E-state index contributed by atoms with van der Waals surface area (Å²) in [5.41, 5.74) is 3.06. The van der Waals surface area contributed by atoms with E-state index in [0.717, 1.165) is 49.9 Å². The van der Waals surface area contributed by atoms with Gasteiger partial charge in [0, 0.05) is 0 Å². The van der Waals surface area contributed by atoms with Gasteiger partial charge in [0.2, 0.25) is 0 Å². The Morgan fingerprint density at radius 3 is 2.62 bits per heavy atom. The van der Waals surface area contributed by atoms with E-state index < -0.39 is 5.60 Å². The first kappa shape index (κ1) is 23.1. The van der Waals surface area contributed by atoms with Crippen LogP contribution in [0.4, 0.5) is 0 Å². The monoisotopic (exact) mass is 402 g/mol. The Labute approximate surface area is 179 Å². The van der Waals surface area contributed by atoms with Gasteiger partial charge in [-0.15, -0.1) is 0 Å². The third-order valence-corrected chi connectivity index (χ3v) is 8.75. The molecule has 6 unspecified atom stereocenters. The van der Waals surface area contributed by atoms with E-state index in [0.29, 0.717) is 11.3 Å². The van der Waals surface area contributed by atoms with Crippen LogP contribution in [0.3, 0.4) is 0 Å². The highest BCUT2D eigenvalue weighted by atomic mass is 16.3. The minimum Gasteiger partial charge on any atom is -0.393 e. The Morgan fingerprint density at radius 2 is 1.93 bits per heavy atom. The van der Waals surface area contributed by atoms with E-state index in [4.69, 9.17) is 0 Å².